The third kappa shape index (κ3) is 1.69. The Morgan fingerprint density at radius 1 is 1.47 bits per heavy atom. The zero-order valence-corrected chi connectivity index (χ0v) is 7.99. The van der Waals surface area contributed by atoms with Crippen LogP contribution in [0.2, 0.25) is 0 Å². The van der Waals surface area contributed by atoms with Crippen LogP contribution in [0.3, 0.4) is 0 Å². The van der Waals surface area contributed by atoms with Crippen molar-refractivity contribution in [2.45, 2.75) is 0 Å². The lowest BCUT2D eigenvalue weighted by molar-refractivity contribution is 0.111. The van der Waals surface area contributed by atoms with E-state index >= 15 is 0 Å². The lowest BCUT2D eigenvalue weighted by Crippen LogP contribution is -2.15. The molecule has 0 aliphatic carbocycles. The molecule has 6 heteroatoms. The van der Waals surface area contributed by atoms with Crippen LogP contribution in [0.25, 0.3) is 5.69 Å². The first kappa shape index (κ1) is 9.32. The summed E-state index contributed by atoms with van der Waals surface area (Å²) in [5.74, 6) is 0. The van der Waals surface area contributed by atoms with Gasteiger partial charge in [0.05, 0.1) is 11.9 Å². The quantitative estimate of drug-likeness (QED) is 0.634. The fourth-order valence-electron chi connectivity index (χ4n) is 1.14. The highest BCUT2D eigenvalue weighted by Crippen LogP contribution is 2.01. The van der Waals surface area contributed by atoms with Gasteiger partial charge < -0.3 is 4.57 Å². The van der Waals surface area contributed by atoms with Crippen molar-refractivity contribution in [3.05, 3.63) is 40.6 Å². The number of pyridine rings is 1. The molecule has 0 aliphatic heterocycles. The lowest BCUT2D eigenvalue weighted by Gasteiger charge is -2.00. The number of carbonyl (C=O) groups excluding carboxylic acids is 1. The largest absolute Gasteiger partial charge is 0.318 e. The van der Waals surface area contributed by atoms with Crippen molar-refractivity contribution in [3.63, 3.8) is 0 Å². The maximum Gasteiger partial charge on any atom is 0.252 e. The molecule has 0 aliphatic rings. The molecule has 0 saturated heterocycles. The van der Waals surface area contributed by atoms with Gasteiger partial charge in [0.1, 0.15) is 5.69 Å². The fourth-order valence-corrected chi connectivity index (χ4v) is 1.14. The van der Waals surface area contributed by atoms with Crippen LogP contribution in [0.5, 0.6) is 0 Å². The number of hydrogen-bond donors (Lipinski definition) is 0. The maximum absolute atomic E-state index is 11.3. The first-order valence-electron chi connectivity index (χ1n) is 4.25. The summed E-state index contributed by atoms with van der Waals surface area (Å²) in [5.41, 5.74) is 0.671. The summed E-state index contributed by atoms with van der Waals surface area (Å²) in [6, 6.07) is 3.13. The van der Waals surface area contributed by atoms with Crippen LogP contribution in [0.4, 0.5) is 0 Å². The van der Waals surface area contributed by atoms with Crippen LogP contribution >= 0.6 is 0 Å². The summed E-state index contributed by atoms with van der Waals surface area (Å²) in [6.07, 6.45) is 3.69. The molecule has 0 N–H and O–H groups in total. The van der Waals surface area contributed by atoms with E-state index in [1.54, 1.807) is 19.3 Å². The van der Waals surface area contributed by atoms with Crippen molar-refractivity contribution in [2.75, 3.05) is 0 Å². The third-order valence-corrected chi connectivity index (χ3v) is 1.98. The van der Waals surface area contributed by atoms with E-state index in [1.807, 2.05) is 0 Å². The molecule has 0 spiro atoms. The first-order chi connectivity index (χ1) is 7.20. The van der Waals surface area contributed by atoms with Gasteiger partial charge in [-0.05, 0) is 6.07 Å². The van der Waals surface area contributed by atoms with Gasteiger partial charge >= 0.3 is 0 Å². The van der Waals surface area contributed by atoms with E-state index in [0.717, 1.165) is 0 Å². The number of aryl methyl sites for hydroxylation is 1. The predicted octanol–water partition coefficient (Wildman–Crippen LogP) is -0.222. The van der Waals surface area contributed by atoms with Gasteiger partial charge in [0.15, 0.2) is 6.29 Å². The second kappa shape index (κ2) is 3.49. The summed E-state index contributed by atoms with van der Waals surface area (Å²) in [5, 5.41) is 7.31. The van der Waals surface area contributed by atoms with Gasteiger partial charge in [-0.2, -0.15) is 0 Å². The Kier molecular flexibility index (Phi) is 2.17. The molecule has 0 amide bonds. The summed E-state index contributed by atoms with van der Waals surface area (Å²) >= 11 is 0. The zero-order valence-electron chi connectivity index (χ0n) is 7.99. The monoisotopic (exact) mass is 204 g/mol. The number of hydrogen-bond acceptors (Lipinski definition) is 4. The Balaban J connectivity index is 2.49. The SMILES string of the molecule is Cn1ccc(-n2cc(C=O)nn2)cc1=O. The van der Waals surface area contributed by atoms with Crippen LogP contribution < -0.4 is 5.56 Å². The first-order valence-corrected chi connectivity index (χ1v) is 4.25. The number of rotatable bonds is 2. The molecule has 15 heavy (non-hydrogen) atoms. The van der Waals surface area contributed by atoms with E-state index in [0.29, 0.717) is 12.0 Å². The lowest BCUT2D eigenvalue weighted by atomic mass is 10.4. The molecule has 2 rings (SSSR count). The van der Waals surface area contributed by atoms with E-state index in [4.69, 9.17) is 0 Å². The average molecular weight is 204 g/mol. The highest BCUT2D eigenvalue weighted by molar-refractivity contribution is 5.70. The van der Waals surface area contributed by atoms with Crippen LogP contribution in [0, 0.1) is 0 Å². The molecular formula is C9H8N4O2. The van der Waals surface area contributed by atoms with Gasteiger partial charge in [0.2, 0.25) is 0 Å². The Hall–Kier alpha value is -2.24. The molecule has 76 valence electrons. The minimum absolute atomic E-state index is 0.143. The van der Waals surface area contributed by atoms with Gasteiger partial charge in [0.25, 0.3) is 5.56 Å². The Labute approximate surface area is 84.8 Å². The molecule has 2 aromatic heterocycles. The number of aldehydes is 1. The normalized spacial score (nSPS) is 10.2. The number of aromatic nitrogens is 4. The molecule has 6 nitrogen and oxygen atoms in total. The van der Waals surface area contributed by atoms with E-state index in [2.05, 4.69) is 10.3 Å². The molecule has 2 heterocycles. The Bertz CT molecular complexity index is 555. The van der Waals surface area contributed by atoms with Crippen molar-refractivity contribution < 1.29 is 4.79 Å². The second-order valence-electron chi connectivity index (χ2n) is 3.04. The smallest absolute Gasteiger partial charge is 0.252 e. The van der Waals surface area contributed by atoms with E-state index < -0.39 is 0 Å². The van der Waals surface area contributed by atoms with Gasteiger partial charge in [0, 0.05) is 19.3 Å². The maximum atomic E-state index is 11.3. The van der Waals surface area contributed by atoms with E-state index in [-0.39, 0.29) is 11.3 Å². The van der Waals surface area contributed by atoms with Crippen LogP contribution in [-0.2, 0) is 7.05 Å². The van der Waals surface area contributed by atoms with E-state index in [9.17, 15) is 9.59 Å². The molecular weight excluding hydrogens is 196 g/mol. The summed E-state index contributed by atoms with van der Waals surface area (Å²) < 4.78 is 2.83. The highest BCUT2D eigenvalue weighted by Gasteiger charge is 2.02. The highest BCUT2D eigenvalue weighted by atomic mass is 16.1. The van der Waals surface area contributed by atoms with Gasteiger partial charge in [-0.1, -0.05) is 5.21 Å². The predicted molar refractivity (Wildman–Crippen MR) is 52.0 cm³/mol. The zero-order chi connectivity index (χ0) is 10.8. The molecule has 0 fully saturated rings. The van der Waals surface area contributed by atoms with Gasteiger partial charge in [-0.15, -0.1) is 5.10 Å². The second-order valence-corrected chi connectivity index (χ2v) is 3.04. The fraction of sp³-hybridized carbons (Fsp3) is 0.111. The topological polar surface area (TPSA) is 69.8 Å². The molecule has 0 unspecified atom stereocenters. The molecule has 0 bridgehead atoms. The Morgan fingerprint density at radius 3 is 2.87 bits per heavy atom. The number of carbonyl (C=O) groups is 1. The minimum atomic E-state index is -0.143. The summed E-state index contributed by atoms with van der Waals surface area (Å²) in [4.78, 5) is 21.7. The average Bonchev–Trinajstić information content (AvgIpc) is 2.70. The summed E-state index contributed by atoms with van der Waals surface area (Å²) in [7, 11) is 1.66. The van der Waals surface area contributed by atoms with Gasteiger partial charge in [-0.25, -0.2) is 4.68 Å². The van der Waals surface area contributed by atoms with Crippen molar-refractivity contribution in [1.29, 1.82) is 0 Å². The van der Waals surface area contributed by atoms with Crippen molar-refractivity contribution >= 4 is 6.29 Å². The Morgan fingerprint density at radius 2 is 2.27 bits per heavy atom. The van der Waals surface area contributed by atoms with Gasteiger partial charge in [-0.3, -0.25) is 9.59 Å². The molecule has 0 radical (unpaired) electrons. The van der Waals surface area contributed by atoms with Crippen LogP contribution in [-0.4, -0.2) is 25.8 Å². The molecule has 2 aromatic rings. The summed E-state index contributed by atoms with van der Waals surface area (Å²) in [6.45, 7) is 0. The van der Waals surface area contributed by atoms with Crippen LogP contribution in [0.15, 0.2) is 29.3 Å². The number of nitrogens with zero attached hydrogens (tertiary/aromatic N) is 4. The third-order valence-electron chi connectivity index (χ3n) is 1.98. The molecule has 0 atom stereocenters. The molecule has 0 saturated carbocycles. The standard InChI is InChI=1S/C9H8N4O2/c1-12-3-2-8(4-9(12)15)13-5-7(6-14)10-11-13/h2-6H,1H3. The van der Waals surface area contributed by atoms with E-state index in [1.165, 1.54) is 21.5 Å². The molecule has 0 aromatic carbocycles. The van der Waals surface area contributed by atoms with Crippen molar-refractivity contribution in [3.8, 4) is 5.69 Å². The minimum Gasteiger partial charge on any atom is -0.318 e. The van der Waals surface area contributed by atoms with Crippen molar-refractivity contribution in [1.82, 2.24) is 19.6 Å². The van der Waals surface area contributed by atoms with Crippen molar-refractivity contribution in [2.24, 2.45) is 7.05 Å². The van der Waals surface area contributed by atoms with Crippen LogP contribution in [0.1, 0.15) is 10.5 Å².